The predicted molar refractivity (Wildman–Crippen MR) is 131 cm³/mol. The molecule has 1 N–H and O–H groups in total. The molecule has 0 radical (unpaired) electrons. The molecule has 1 aliphatic heterocycles. The van der Waals surface area contributed by atoms with Crippen LogP contribution in [0.15, 0.2) is 54.6 Å². The van der Waals surface area contributed by atoms with Crippen molar-refractivity contribution in [1.82, 2.24) is 15.1 Å². The molecule has 0 saturated carbocycles. The summed E-state index contributed by atoms with van der Waals surface area (Å²) in [7, 11) is 0. The fourth-order valence-corrected chi connectivity index (χ4v) is 4.30. The maximum atomic E-state index is 13.9. The zero-order valence-electron chi connectivity index (χ0n) is 19.6. The number of aromatic nitrogens is 2. The highest BCUT2D eigenvalue weighted by molar-refractivity contribution is 6.32. The van der Waals surface area contributed by atoms with Gasteiger partial charge in [0.2, 0.25) is 5.91 Å². The molecule has 2 aromatic carbocycles. The molecule has 3 aromatic rings. The molecule has 33 heavy (non-hydrogen) atoms. The van der Waals surface area contributed by atoms with Crippen LogP contribution in [0, 0.1) is 6.92 Å². The van der Waals surface area contributed by atoms with E-state index in [0.717, 1.165) is 16.8 Å². The summed E-state index contributed by atoms with van der Waals surface area (Å²) in [4.78, 5) is 29.1. The van der Waals surface area contributed by atoms with Crippen LogP contribution in [-0.4, -0.2) is 27.1 Å². The van der Waals surface area contributed by atoms with Crippen molar-refractivity contribution in [1.29, 1.82) is 0 Å². The Bertz CT molecular complexity index is 1210. The highest BCUT2D eigenvalue weighted by atomic mass is 35.5. The first-order valence-electron chi connectivity index (χ1n) is 11.0. The van der Waals surface area contributed by atoms with Crippen LogP contribution in [-0.2, 0) is 23.3 Å². The molecule has 1 unspecified atom stereocenters. The van der Waals surface area contributed by atoms with Crippen molar-refractivity contribution in [3.8, 4) is 0 Å². The molecule has 0 aliphatic carbocycles. The summed E-state index contributed by atoms with van der Waals surface area (Å²) in [5.41, 5.74) is 2.20. The van der Waals surface area contributed by atoms with Crippen molar-refractivity contribution in [2.24, 2.45) is 0 Å². The summed E-state index contributed by atoms with van der Waals surface area (Å²) in [6, 6.07) is 16.9. The number of carbonyl (C=O) groups excluding carboxylic acids is 2. The largest absolute Gasteiger partial charge is 0.350 e. The number of nitrogens with zero attached hydrogens (tertiary/aromatic N) is 3. The van der Waals surface area contributed by atoms with Gasteiger partial charge >= 0.3 is 0 Å². The highest BCUT2D eigenvalue weighted by Gasteiger charge is 2.49. The van der Waals surface area contributed by atoms with E-state index in [1.165, 1.54) is 0 Å². The summed E-state index contributed by atoms with van der Waals surface area (Å²) in [6.45, 7) is 10.4. The Kier molecular flexibility index (Phi) is 5.83. The lowest BCUT2D eigenvalue weighted by Crippen LogP contribution is -2.64. The van der Waals surface area contributed by atoms with Gasteiger partial charge in [-0.15, -0.1) is 0 Å². The first-order valence-corrected chi connectivity index (χ1v) is 11.4. The average Bonchev–Trinajstić information content (AvgIpc) is 3.20. The minimum absolute atomic E-state index is 0.229. The Labute approximate surface area is 199 Å². The number of rotatable bonds is 4. The summed E-state index contributed by atoms with van der Waals surface area (Å²) >= 11 is 6.40. The zero-order valence-corrected chi connectivity index (χ0v) is 20.4. The normalized spacial score (nSPS) is 18.2. The van der Waals surface area contributed by atoms with Crippen LogP contribution in [0.5, 0.6) is 0 Å². The van der Waals surface area contributed by atoms with Gasteiger partial charge in [0.1, 0.15) is 11.2 Å². The maximum Gasteiger partial charge on any atom is 0.277 e. The molecule has 2 amide bonds. The number of nitrogens with one attached hydrogen (secondary N) is 1. The lowest BCUT2D eigenvalue weighted by molar-refractivity contribution is -0.126. The van der Waals surface area contributed by atoms with Gasteiger partial charge in [-0.2, -0.15) is 5.10 Å². The van der Waals surface area contributed by atoms with Gasteiger partial charge in [0.15, 0.2) is 0 Å². The predicted octanol–water partition coefficient (Wildman–Crippen LogP) is 4.88. The molecule has 4 rings (SSSR count). The van der Waals surface area contributed by atoms with E-state index in [4.69, 9.17) is 16.7 Å². The van der Waals surface area contributed by atoms with Crippen LogP contribution < -0.4 is 10.2 Å². The van der Waals surface area contributed by atoms with Crippen molar-refractivity contribution in [2.75, 3.05) is 4.90 Å². The number of anilines is 1. The number of carbonyl (C=O) groups is 2. The zero-order chi connectivity index (χ0) is 24.0. The molecule has 0 bridgehead atoms. The van der Waals surface area contributed by atoms with Crippen LogP contribution in [0.2, 0.25) is 5.02 Å². The van der Waals surface area contributed by atoms with E-state index in [-0.39, 0.29) is 23.8 Å². The van der Waals surface area contributed by atoms with E-state index in [1.54, 1.807) is 28.6 Å². The Morgan fingerprint density at radius 1 is 1.15 bits per heavy atom. The quantitative estimate of drug-likeness (QED) is 0.598. The summed E-state index contributed by atoms with van der Waals surface area (Å²) in [5, 5.41) is 8.27. The maximum absolute atomic E-state index is 13.9. The molecule has 1 aliphatic rings. The van der Waals surface area contributed by atoms with Gasteiger partial charge in [0.05, 0.1) is 12.2 Å². The van der Waals surface area contributed by atoms with Crippen molar-refractivity contribution in [2.45, 2.75) is 58.7 Å². The molecule has 0 fully saturated rings. The van der Waals surface area contributed by atoms with Crippen LogP contribution in [0.4, 0.5) is 5.69 Å². The molecule has 6 nitrogen and oxygen atoms in total. The molecule has 0 saturated heterocycles. The monoisotopic (exact) mass is 464 g/mol. The number of benzene rings is 2. The standard InChI is InChI=1S/C26H29ClN4O2/c1-17-19(27)12-9-13-20(17)31-23(32)21-14-22(25(2,3)4)29-30(21)16-26(31,5)24(33)28-15-18-10-7-6-8-11-18/h6-14H,15-16H2,1-5H3,(H,28,33). The van der Waals surface area contributed by atoms with Crippen LogP contribution in [0.25, 0.3) is 0 Å². The van der Waals surface area contributed by atoms with Crippen molar-refractivity contribution in [3.05, 3.63) is 82.1 Å². The molecule has 172 valence electrons. The third-order valence-electron chi connectivity index (χ3n) is 6.19. The van der Waals surface area contributed by atoms with Gasteiger partial charge in [-0.05, 0) is 43.2 Å². The second-order valence-corrected chi connectivity index (χ2v) is 10.2. The molecule has 7 heteroatoms. The van der Waals surface area contributed by atoms with Gasteiger partial charge in [-0.1, -0.05) is 68.8 Å². The average molecular weight is 465 g/mol. The Balaban J connectivity index is 1.79. The number of amides is 2. The molecule has 1 atom stereocenters. The first-order chi connectivity index (χ1) is 15.5. The van der Waals surface area contributed by atoms with E-state index >= 15 is 0 Å². The van der Waals surface area contributed by atoms with Gasteiger partial charge in [-0.25, -0.2) is 0 Å². The van der Waals surface area contributed by atoms with Crippen molar-refractivity contribution < 1.29 is 9.59 Å². The number of hydrogen-bond acceptors (Lipinski definition) is 3. The second kappa shape index (κ2) is 8.34. The van der Waals surface area contributed by atoms with Gasteiger partial charge in [0, 0.05) is 22.7 Å². The SMILES string of the molecule is Cc1c(Cl)cccc1N1C(=O)c2cc(C(C)(C)C)nn2CC1(C)C(=O)NCc1ccccc1. The van der Waals surface area contributed by atoms with Crippen LogP contribution >= 0.6 is 11.6 Å². The molecular weight excluding hydrogens is 436 g/mol. The Morgan fingerprint density at radius 3 is 2.52 bits per heavy atom. The van der Waals surface area contributed by atoms with Gasteiger partial charge < -0.3 is 5.32 Å². The topological polar surface area (TPSA) is 67.2 Å². The smallest absolute Gasteiger partial charge is 0.277 e. The van der Waals surface area contributed by atoms with E-state index in [0.29, 0.717) is 22.9 Å². The van der Waals surface area contributed by atoms with Crippen LogP contribution in [0.1, 0.15) is 55.0 Å². The Hall–Kier alpha value is -3.12. The lowest BCUT2D eigenvalue weighted by Gasteiger charge is -2.43. The number of hydrogen-bond donors (Lipinski definition) is 1. The molecule has 1 aromatic heterocycles. The van der Waals surface area contributed by atoms with Crippen molar-refractivity contribution >= 4 is 29.1 Å². The highest BCUT2D eigenvalue weighted by Crippen LogP contribution is 2.37. The summed E-state index contributed by atoms with van der Waals surface area (Å²) in [6.07, 6.45) is 0. The summed E-state index contributed by atoms with van der Waals surface area (Å²) < 4.78 is 1.67. The lowest BCUT2D eigenvalue weighted by atomic mass is 9.91. The number of halogens is 1. The molecular formula is C26H29ClN4O2. The van der Waals surface area contributed by atoms with Crippen molar-refractivity contribution in [3.63, 3.8) is 0 Å². The minimum Gasteiger partial charge on any atom is -0.350 e. The minimum atomic E-state index is -1.20. The fourth-order valence-electron chi connectivity index (χ4n) is 4.13. The van der Waals surface area contributed by atoms with Gasteiger partial charge in [0.25, 0.3) is 5.91 Å². The second-order valence-electron chi connectivity index (χ2n) is 9.79. The Morgan fingerprint density at radius 2 is 1.85 bits per heavy atom. The summed E-state index contributed by atoms with van der Waals surface area (Å²) in [5.74, 6) is -0.524. The number of fused-ring (bicyclic) bond motifs is 1. The van der Waals surface area contributed by atoms with E-state index in [2.05, 4.69) is 26.1 Å². The fraction of sp³-hybridized carbons (Fsp3) is 0.346. The van der Waals surface area contributed by atoms with E-state index in [9.17, 15) is 9.59 Å². The van der Waals surface area contributed by atoms with E-state index < -0.39 is 5.54 Å². The molecule has 0 spiro atoms. The molecule has 2 heterocycles. The third kappa shape index (κ3) is 4.15. The van der Waals surface area contributed by atoms with Gasteiger partial charge in [-0.3, -0.25) is 19.2 Å². The van der Waals surface area contributed by atoms with E-state index in [1.807, 2.05) is 49.4 Å². The third-order valence-corrected chi connectivity index (χ3v) is 6.60. The first kappa shape index (κ1) is 23.1. The van der Waals surface area contributed by atoms with Crippen LogP contribution in [0.3, 0.4) is 0 Å².